The van der Waals surface area contributed by atoms with Gasteiger partial charge in [-0.25, -0.2) is 4.79 Å². The molecule has 1 unspecified atom stereocenters. The highest BCUT2D eigenvalue weighted by Gasteiger charge is 2.20. The Morgan fingerprint density at radius 3 is 3.00 bits per heavy atom. The van der Waals surface area contributed by atoms with Crippen LogP contribution in [0.25, 0.3) is 0 Å². The number of urea groups is 1. The van der Waals surface area contributed by atoms with Crippen LogP contribution < -0.4 is 10.6 Å². The highest BCUT2D eigenvalue weighted by Crippen LogP contribution is 2.12. The molecule has 0 aliphatic carbocycles. The Bertz CT molecular complexity index is 622. The Balaban J connectivity index is 1.51. The van der Waals surface area contributed by atoms with Crippen LogP contribution in [0.3, 0.4) is 0 Å². The molecule has 0 saturated carbocycles. The number of carbonyl (C=O) groups is 2. The lowest BCUT2D eigenvalue weighted by Gasteiger charge is -2.31. The maximum Gasteiger partial charge on any atom is 0.318 e. The van der Waals surface area contributed by atoms with Crippen LogP contribution in [-0.2, 0) is 22.6 Å². The standard InChI is InChI=1S/C18H26N4O3/c1-14-11-21(7-8-25-14)12-16-4-2-3-15(9-16)10-20-18(24)22-6-5-19-17(23)13-22/h2-4,9,14H,5-8,10-13H2,1H3,(H,19,23)(H,20,24). The number of hydrogen-bond acceptors (Lipinski definition) is 4. The van der Waals surface area contributed by atoms with Crippen LogP contribution in [0, 0.1) is 0 Å². The van der Waals surface area contributed by atoms with Crippen molar-refractivity contribution < 1.29 is 14.3 Å². The fourth-order valence-corrected chi connectivity index (χ4v) is 3.23. The highest BCUT2D eigenvalue weighted by molar-refractivity contribution is 5.85. The monoisotopic (exact) mass is 346 g/mol. The van der Waals surface area contributed by atoms with E-state index < -0.39 is 0 Å². The van der Waals surface area contributed by atoms with Gasteiger partial charge in [0.25, 0.3) is 0 Å². The zero-order chi connectivity index (χ0) is 17.6. The van der Waals surface area contributed by atoms with Crippen LogP contribution in [0.1, 0.15) is 18.1 Å². The molecule has 2 aliphatic heterocycles. The SMILES string of the molecule is CC1CN(Cc2cccc(CNC(=O)N3CCNC(=O)C3)c2)CCO1. The second-order valence-electron chi connectivity index (χ2n) is 6.67. The number of hydrogen-bond donors (Lipinski definition) is 2. The molecule has 136 valence electrons. The number of rotatable bonds is 4. The van der Waals surface area contributed by atoms with E-state index in [4.69, 9.17) is 4.74 Å². The number of morpholine rings is 1. The predicted octanol–water partition coefficient (Wildman–Crippen LogP) is 0.549. The summed E-state index contributed by atoms with van der Waals surface area (Å²) in [6.45, 7) is 7.30. The molecular weight excluding hydrogens is 320 g/mol. The van der Waals surface area contributed by atoms with Crippen molar-refractivity contribution in [3.63, 3.8) is 0 Å². The minimum Gasteiger partial charge on any atom is -0.376 e. The van der Waals surface area contributed by atoms with Gasteiger partial charge in [0.15, 0.2) is 0 Å². The molecule has 7 nitrogen and oxygen atoms in total. The highest BCUT2D eigenvalue weighted by atomic mass is 16.5. The second-order valence-corrected chi connectivity index (χ2v) is 6.67. The minimum absolute atomic E-state index is 0.108. The van der Waals surface area contributed by atoms with Gasteiger partial charge in [0.05, 0.1) is 12.7 Å². The summed E-state index contributed by atoms with van der Waals surface area (Å²) in [5.74, 6) is -0.108. The molecule has 2 fully saturated rings. The summed E-state index contributed by atoms with van der Waals surface area (Å²) in [6.07, 6.45) is 0.276. The quantitative estimate of drug-likeness (QED) is 0.835. The van der Waals surface area contributed by atoms with Gasteiger partial charge in [-0.1, -0.05) is 24.3 Å². The number of piperazine rings is 1. The molecule has 3 rings (SSSR count). The Labute approximate surface area is 148 Å². The first-order chi connectivity index (χ1) is 12.1. The molecule has 0 spiro atoms. The molecule has 0 aromatic heterocycles. The normalized spacial score (nSPS) is 21.7. The van der Waals surface area contributed by atoms with Crippen molar-refractivity contribution in [2.24, 2.45) is 0 Å². The summed E-state index contributed by atoms with van der Waals surface area (Å²) >= 11 is 0. The Morgan fingerprint density at radius 2 is 2.20 bits per heavy atom. The van der Waals surface area contributed by atoms with Crippen LogP contribution in [0.5, 0.6) is 0 Å². The first kappa shape index (κ1) is 17.7. The number of ether oxygens (including phenoxy) is 1. The lowest BCUT2D eigenvalue weighted by atomic mass is 10.1. The van der Waals surface area contributed by atoms with E-state index in [0.717, 1.165) is 31.8 Å². The molecule has 3 amide bonds. The van der Waals surface area contributed by atoms with Crippen LogP contribution in [0.15, 0.2) is 24.3 Å². The fraction of sp³-hybridized carbons (Fsp3) is 0.556. The van der Waals surface area contributed by atoms with Gasteiger partial charge < -0.3 is 20.3 Å². The van der Waals surface area contributed by atoms with Crippen molar-refractivity contribution in [1.29, 1.82) is 0 Å². The van der Waals surface area contributed by atoms with Gasteiger partial charge in [-0.05, 0) is 18.1 Å². The van der Waals surface area contributed by atoms with Crippen LogP contribution in [-0.4, -0.2) is 67.2 Å². The fourth-order valence-electron chi connectivity index (χ4n) is 3.23. The van der Waals surface area contributed by atoms with E-state index in [1.807, 2.05) is 12.1 Å². The molecule has 2 N–H and O–H groups in total. The Morgan fingerprint density at radius 1 is 1.36 bits per heavy atom. The molecule has 25 heavy (non-hydrogen) atoms. The van der Waals surface area contributed by atoms with Gasteiger partial charge in [0.2, 0.25) is 5.91 Å². The summed E-state index contributed by atoms with van der Waals surface area (Å²) in [4.78, 5) is 27.5. The molecule has 1 aromatic carbocycles. The summed E-state index contributed by atoms with van der Waals surface area (Å²) in [5.41, 5.74) is 2.30. The molecule has 2 heterocycles. The van der Waals surface area contributed by atoms with E-state index in [-0.39, 0.29) is 24.6 Å². The zero-order valence-electron chi connectivity index (χ0n) is 14.7. The van der Waals surface area contributed by atoms with Gasteiger partial charge in [0.1, 0.15) is 6.54 Å². The van der Waals surface area contributed by atoms with Gasteiger partial charge in [-0.2, -0.15) is 0 Å². The van der Waals surface area contributed by atoms with Crippen LogP contribution >= 0.6 is 0 Å². The van der Waals surface area contributed by atoms with E-state index in [9.17, 15) is 9.59 Å². The largest absolute Gasteiger partial charge is 0.376 e. The zero-order valence-corrected chi connectivity index (χ0v) is 14.7. The van der Waals surface area contributed by atoms with Crippen molar-refractivity contribution in [3.05, 3.63) is 35.4 Å². The number of benzene rings is 1. The molecule has 0 radical (unpaired) electrons. The molecule has 7 heteroatoms. The topological polar surface area (TPSA) is 73.9 Å². The van der Waals surface area contributed by atoms with E-state index in [1.165, 1.54) is 10.5 Å². The van der Waals surface area contributed by atoms with Crippen LogP contribution in [0.4, 0.5) is 4.79 Å². The average Bonchev–Trinajstić information content (AvgIpc) is 2.60. The summed E-state index contributed by atoms with van der Waals surface area (Å²) in [6, 6.07) is 8.08. The minimum atomic E-state index is -0.192. The Hall–Kier alpha value is -2.12. The molecule has 2 aliphatic rings. The molecule has 1 aromatic rings. The van der Waals surface area contributed by atoms with Crippen molar-refractivity contribution in [2.45, 2.75) is 26.1 Å². The molecule has 2 saturated heterocycles. The molecular formula is C18H26N4O3. The van der Waals surface area contributed by atoms with Crippen molar-refractivity contribution in [3.8, 4) is 0 Å². The molecule has 1 atom stereocenters. The second kappa shape index (κ2) is 8.31. The van der Waals surface area contributed by atoms with E-state index in [2.05, 4.69) is 34.6 Å². The third kappa shape index (κ3) is 5.17. The number of nitrogens with zero attached hydrogens (tertiary/aromatic N) is 2. The van der Waals surface area contributed by atoms with Gasteiger partial charge in [-0.15, -0.1) is 0 Å². The summed E-state index contributed by atoms with van der Waals surface area (Å²) < 4.78 is 5.58. The van der Waals surface area contributed by atoms with Crippen molar-refractivity contribution >= 4 is 11.9 Å². The Kier molecular flexibility index (Phi) is 5.88. The third-order valence-electron chi connectivity index (χ3n) is 4.49. The average molecular weight is 346 g/mol. The lowest BCUT2D eigenvalue weighted by molar-refractivity contribution is -0.123. The van der Waals surface area contributed by atoms with E-state index in [1.54, 1.807) is 0 Å². The third-order valence-corrected chi connectivity index (χ3v) is 4.49. The number of carbonyl (C=O) groups excluding carboxylic acids is 2. The lowest BCUT2D eigenvalue weighted by Crippen LogP contribution is -2.52. The first-order valence-electron chi connectivity index (χ1n) is 8.81. The van der Waals surface area contributed by atoms with Crippen LogP contribution in [0.2, 0.25) is 0 Å². The molecule has 0 bridgehead atoms. The number of nitrogens with one attached hydrogen (secondary N) is 2. The summed E-state index contributed by atoms with van der Waals surface area (Å²) in [7, 11) is 0. The van der Waals surface area contributed by atoms with Gasteiger partial charge in [-0.3, -0.25) is 9.69 Å². The predicted molar refractivity (Wildman–Crippen MR) is 94.0 cm³/mol. The van der Waals surface area contributed by atoms with E-state index >= 15 is 0 Å². The number of amides is 3. The maximum absolute atomic E-state index is 12.2. The van der Waals surface area contributed by atoms with Gasteiger partial charge in [0, 0.05) is 39.3 Å². The smallest absolute Gasteiger partial charge is 0.318 e. The summed E-state index contributed by atoms with van der Waals surface area (Å²) in [5, 5.41) is 5.62. The van der Waals surface area contributed by atoms with Gasteiger partial charge >= 0.3 is 6.03 Å². The maximum atomic E-state index is 12.2. The van der Waals surface area contributed by atoms with E-state index in [0.29, 0.717) is 19.6 Å². The van der Waals surface area contributed by atoms with Crippen molar-refractivity contribution in [2.75, 3.05) is 39.3 Å². The van der Waals surface area contributed by atoms with Crippen molar-refractivity contribution in [1.82, 2.24) is 20.4 Å². The first-order valence-corrected chi connectivity index (χ1v) is 8.81.